The normalized spacial score (nSPS) is 13.8. The molecule has 0 bridgehead atoms. The number of nitrogens with zero attached hydrogens (tertiary/aromatic N) is 1. The first-order valence-electron chi connectivity index (χ1n) is 8.71. The van der Waals surface area contributed by atoms with E-state index in [-0.39, 0.29) is 5.91 Å². The quantitative estimate of drug-likeness (QED) is 0.841. The molecule has 0 radical (unpaired) electrons. The summed E-state index contributed by atoms with van der Waals surface area (Å²) in [4.78, 5) is 15.2. The fourth-order valence-electron chi connectivity index (χ4n) is 3.08. The Kier molecular flexibility index (Phi) is 6.03. The highest BCUT2D eigenvalue weighted by molar-refractivity contribution is 6.09. The summed E-state index contributed by atoms with van der Waals surface area (Å²) in [5.74, 6) is 1.24. The molecule has 0 spiro atoms. The lowest BCUT2D eigenvalue weighted by molar-refractivity contribution is 0.102. The Morgan fingerprint density at radius 1 is 1.00 bits per heavy atom. The Hall–Kier alpha value is -2.93. The zero-order chi connectivity index (χ0) is 19.2. The Balaban J connectivity index is 1.96. The molecule has 1 amide bonds. The number of methoxy groups -OCH3 is 3. The van der Waals surface area contributed by atoms with Gasteiger partial charge in [-0.3, -0.25) is 4.79 Å². The van der Waals surface area contributed by atoms with Gasteiger partial charge in [-0.05, 0) is 24.3 Å². The Morgan fingerprint density at radius 3 is 2.26 bits per heavy atom. The molecule has 0 saturated carbocycles. The minimum absolute atomic E-state index is 0.313. The second kappa shape index (κ2) is 8.64. The van der Waals surface area contributed by atoms with Crippen LogP contribution in [0, 0.1) is 0 Å². The van der Waals surface area contributed by atoms with Crippen LogP contribution in [-0.2, 0) is 4.74 Å². The van der Waals surface area contributed by atoms with Gasteiger partial charge < -0.3 is 29.2 Å². The van der Waals surface area contributed by atoms with Crippen LogP contribution in [0.3, 0.4) is 0 Å². The minimum atomic E-state index is -0.313. The fraction of sp³-hybridized carbons (Fsp3) is 0.350. The lowest BCUT2D eigenvalue weighted by Gasteiger charge is -2.30. The predicted octanol–water partition coefficient (Wildman–Crippen LogP) is 2.80. The largest absolute Gasteiger partial charge is 0.497 e. The summed E-state index contributed by atoms with van der Waals surface area (Å²) in [5, 5.41) is 2.99. The number of carbonyl (C=O) groups is 1. The highest BCUT2D eigenvalue weighted by Gasteiger charge is 2.21. The van der Waals surface area contributed by atoms with Crippen molar-refractivity contribution in [1.29, 1.82) is 0 Å². The van der Waals surface area contributed by atoms with Gasteiger partial charge in [-0.25, -0.2) is 0 Å². The van der Waals surface area contributed by atoms with Gasteiger partial charge in [0.2, 0.25) is 0 Å². The lowest BCUT2D eigenvalue weighted by atomic mass is 10.1. The molecule has 3 rings (SSSR count). The molecule has 2 aromatic rings. The Morgan fingerprint density at radius 2 is 1.67 bits per heavy atom. The maximum Gasteiger partial charge on any atom is 0.263 e. The van der Waals surface area contributed by atoms with Gasteiger partial charge in [0, 0.05) is 19.2 Å². The summed E-state index contributed by atoms with van der Waals surface area (Å²) >= 11 is 0. The maximum atomic E-state index is 13.1. The van der Waals surface area contributed by atoms with Gasteiger partial charge in [-0.15, -0.1) is 0 Å². The molecule has 1 fully saturated rings. The number of carbonyl (C=O) groups excluding carboxylic acids is 1. The molecule has 1 heterocycles. The van der Waals surface area contributed by atoms with Crippen molar-refractivity contribution in [1.82, 2.24) is 0 Å². The van der Waals surface area contributed by atoms with Crippen LogP contribution in [0.25, 0.3) is 0 Å². The molecule has 144 valence electrons. The van der Waals surface area contributed by atoms with Crippen LogP contribution in [0.1, 0.15) is 10.4 Å². The standard InChI is InChI=1S/C20H24N2O5/c1-24-14-7-8-16(22-9-11-27-12-10-22)15(13-14)21-20(23)19-17(25-2)5-4-6-18(19)26-3/h4-8,13H,9-12H2,1-3H3,(H,21,23). The smallest absolute Gasteiger partial charge is 0.263 e. The molecule has 1 N–H and O–H groups in total. The van der Waals surface area contributed by atoms with E-state index in [0.717, 1.165) is 18.8 Å². The number of rotatable bonds is 6. The van der Waals surface area contributed by atoms with Crippen molar-refractivity contribution in [2.45, 2.75) is 0 Å². The zero-order valence-electron chi connectivity index (χ0n) is 15.8. The summed E-state index contributed by atoms with van der Waals surface area (Å²) in [6, 6.07) is 10.9. The van der Waals surface area contributed by atoms with Crippen LogP contribution in [0.2, 0.25) is 0 Å². The number of benzene rings is 2. The highest BCUT2D eigenvalue weighted by Crippen LogP contribution is 2.34. The molecule has 0 unspecified atom stereocenters. The van der Waals surface area contributed by atoms with Crippen LogP contribution in [-0.4, -0.2) is 53.5 Å². The van der Waals surface area contributed by atoms with E-state index in [1.165, 1.54) is 14.2 Å². The van der Waals surface area contributed by atoms with Crippen LogP contribution in [0.5, 0.6) is 17.2 Å². The van der Waals surface area contributed by atoms with E-state index in [1.54, 1.807) is 25.3 Å². The van der Waals surface area contributed by atoms with Gasteiger partial charge in [0.25, 0.3) is 5.91 Å². The Bertz CT molecular complexity index is 781. The van der Waals surface area contributed by atoms with Crippen LogP contribution >= 0.6 is 0 Å². The van der Waals surface area contributed by atoms with Gasteiger partial charge in [-0.2, -0.15) is 0 Å². The molecule has 0 aliphatic carbocycles. The molecule has 1 saturated heterocycles. The molecule has 7 nitrogen and oxygen atoms in total. The number of hydrogen-bond donors (Lipinski definition) is 1. The SMILES string of the molecule is COc1ccc(N2CCOCC2)c(NC(=O)c2c(OC)cccc2OC)c1. The van der Waals surface area contributed by atoms with Crippen molar-refractivity contribution in [3.63, 3.8) is 0 Å². The Labute approximate surface area is 158 Å². The zero-order valence-corrected chi connectivity index (χ0v) is 15.8. The van der Waals surface area contributed by atoms with E-state index >= 15 is 0 Å². The molecule has 0 atom stereocenters. The number of anilines is 2. The lowest BCUT2D eigenvalue weighted by Crippen LogP contribution is -2.36. The summed E-state index contributed by atoms with van der Waals surface area (Å²) < 4.78 is 21.5. The van der Waals surface area contributed by atoms with Gasteiger partial charge in [-0.1, -0.05) is 6.07 Å². The minimum Gasteiger partial charge on any atom is -0.497 e. The van der Waals surface area contributed by atoms with Crippen LogP contribution in [0.4, 0.5) is 11.4 Å². The van der Waals surface area contributed by atoms with Crippen molar-refractivity contribution in [2.75, 3.05) is 57.8 Å². The predicted molar refractivity (Wildman–Crippen MR) is 104 cm³/mol. The van der Waals surface area contributed by atoms with E-state index in [1.807, 2.05) is 18.2 Å². The van der Waals surface area contributed by atoms with Gasteiger partial charge >= 0.3 is 0 Å². The first kappa shape index (κ1) is 18.8. The summed E-state index contributed by atoms with van der Waals surface area (Å²) in [6.45, 7) is 2.82. The van der Waals surface area contributed by atoms with Crippen LogP contribution < -0.4 is 24.4 Å². The molecule has 0 aromatic heterocycles. The van der Waals surface area contributed by atoms with Gasteiger partial charge in [0.15, 0.2) is 0 Å². The molecule has 7 heteroatoms. The first-order chi connectivity index (χ1) is 13.2. The molecule has 1 aliphatic heterocycles. The fourth-order valence-corrected chi connectivity index (χ4v) is 3.08. The molecule has 1 aliphatic rings. The van der Waals surface area contributed by atoms with E-state index in [2.05, 4.69) is 10.2 Å². The number of morpholine rings is 1. The summed E-state index contributed by atoms with van der Waals surface area (Å²) in [7, 11) is 4.64. The van der Waals surface area contributed by atoms with E-state index in [9.17, 15) is 4.79 Å². The van der Waals surface area contributed by atoms with Crippen LogP contribution in [0.15, 0.2) is 36.4 Å². The van der Waals surface area contributed by atoms with E-state index in [0.29, 0.717) is 41.7 Å². The third kappa shape index (κ3) is 4.09. The topological polar surface area (TPSA) is 69.3 Å². The number of ether oxygens (including phenoxy) is 4. The monoisotopic (exact) mass is 372 g/mol. The van der Waals surface area contributed by atoms with Crippen molar-refractivity contribution in [3.8, 4) is 17.2 Å². The second-order valence-corrected chi connectivity index (χ2v) is 5.97. The molecule has 27 heavy (non-hydrogen) atoms. The maximum absolute atomic E-state index is 13.1. The van der Waals surface area contributed by atoms with Gasteiger partial charge in [0.1, 0.15) is 22.8 Å². The molecular weight excluding hydrogens is 348 g/mol. The number of amides is 1. The van der Waals surface area contributed by atoms with E-state index in [4.69, 9.17) is 18.9 Å². The number of nitrogens with one attached hydrogen (secondary N) is 1. The summed E-state index contributed by atoms with van der Waals surface area (Å²) in [6.07, 6.45) is 0. The summed E-state index contributed by atoms with van der Waals surface area (Å²) in [5.41, 5.74) is 1.92. The van der Waals surface area contributed by atoms with Crippen molar-refractivity contribution < 1.29 is 23.7 Å². The van der Waals surface area contributed by atoms with E-state index < -0.39 is 0 Å². The molecule has 2 aromatic carbocycles. The van der Waals surface area contributed by atoms with Crippen molar-refractivity contribution >= 4 is 17.3 Å². The third-order valence-corrected chi connectivity index (χ3v) is 4.46. The first-order valence-corrected chi connectivity index (χ1v) is 8.71. The van der Waals surface area contributed by atoms with Crippen molar-refractivity contribution in [2.24, 2.45) is 0 Å². The van der Waals surface area contributed by atoms with Gasteiger partial charge in [0.05, 0.1) is 45.9 Å². The second-order valence-electron chi connectivity index (χ2n) is 5.97. The average Bonchev–Trinajstić information content (AvgIpc) is 2.73. The third-order valence-electron chi connectivity index (χ3n) is 4.46. The average molecular weight is 372 g/mol. The number of hydrogen-bond acceptors (Lipinski definition) is 6. The van der Waals surface area contributed by atoms with Crippen molar-refractivity contribution in [3.05, 3.63) is 42.0 Å². The highest BCUT2D eigenvalue weighted by atomic mass is 16.5. The molecular formula is C20H24N2O5.